The molecule has 2 aliphatic rings. The topological polar surface area (TPSA) is 34.5 Å². The van der Waals surface area contributed by atoms with Crippen LogP contribution in [0, 0.1) is 0 Å². The third-order valence-electron chi connectivity index (χ3n) is 14.8. The molecular formula is C62H53BN2O2. The maximum atomic E-state index is 7.29. The van der Waals surface area contributed by atoms with Crippen LogP contribution in [0.15, 0.2) is 167 Å². The van der Waals surface area contributed by atoms with Gasteiger partial charge in [-0.2, -0.15) is 0 Å². The Balaban J connectivity index is 1.26. The van der Waals surface area contributed by atoms with E-state index in [1.54, 1.807) is 0 Å². The highest BCUT2D eigenvalue weighted by Crippen LogP contribution is 2.53. The highest BCUT2D eigenvalue weighted by atomic mass is 16.3. The number of rotatable bonds is 3. The van der Waals surface area contributed by atoms with Gasteiger partial charge < -0.3 is 18.2 Å². The van der Waals surface area contributed by atoms with Gasteiger partial charge >= 0.3 is 6.85 Å². The van der Waals surface area contributed by atoms with Gasteiger partial charge in [-0.25, -0.2) is 0 Å². The van der Waals surface area contributed by atoms with Crippen molar-refractivity contribution in [3.05, 3.63) is 174 Å². The number of hydrogen-bond acceptors (Lipinski definition) is 3. The molecule has 0 saturated heterocycles. The standard InChI is InChI=1S/C62H53BN2O2/c1-60(2,3)38-24-28-41(29-25-38)65-48-31-27-40(62(7,8)9)33-44(48)55-56-57-53(54-42-22-16-17-23-50(42)66-59(54)55)43-32-39(61(4,5)6)26-30-47(43)64(57)49-34-45-51(35-46(49)63(56)65)67-58(37-20-14-11-15-21-37)52(45)36-18-12-10-13-19-36/h10-35H,1-9H3. The van der Waals surface area contributed by atoms with E-state index >= 15 is 0 Å². The molecule has 8 aromatic carbocycles. The monoisotopic (exact) mass is 868 g/mol. The molecule has 0 radical (unpaired) electrons. The van der Waals surface area contributed by atoms with Crippen LogP contribution in [-0.2, 0) is 16.2 Å². The molecule has 5 heteroatoms. The highest BCUT2D eigenvalue weighted by Gasteiger charge is 2.47. The first-order valence-electron chi connectivity index (χ1n) is 23.9. The van der Waals surface area contributed by atoms with Crippen molar-refractivity contribution in [2.75, 3.05) is 4.81 Å². The van der Waals surface area contributed by atoms with Crippen LogP contribution >= 0.6 is 0 Å². The smallest absolute Gasteiger partial charge is 0.333 e. The summed E-state index contributed by atoms with van der Waals surface area (Å²) in [5.41, 5.74) is 20.5. The van der Waals surface area contributed by atoms with E-state index in [0.717, 1.165) is 67.0 Å². The fourth-order valence-corrected chi connectivity index (χ4v) is 11.4. The highest BCUT2D eigenvalue weighted by molar-refractivity contribution is 6.94. The maximum absolute atomic E-state index is 7.29. The Morgan fingerprint density at radius 1 is 0.463 bits per heavy atom. The molecule has 67 heavy (non-hydrogen) atoms. The molecule has 0 amide bonds. The largest absolute Gasteiger partial charge is 0.455 e. The number of furan rings is 2. The van der Waals surface area contributed by atoms with Gasteiger partial charge in [0.05, 0.1) is 11.0 Å². The van der Waals surface area contributed by atoms with Crippen molar-refractivity contribution in [3.63, 3.8) is 0 Å². The molecule has 13 rings (SSSR count). The summed E-state index contributed by atoms with van der Waals surface area (Å²) in [6.45, 7) is 20.6. The Hall–Kier alpha value is -7.24. The Bertz CT molecular complexity index is 3850. The Kier molecular flexibility index (Phi) is 8.18. The first-order valence-corrected chi connectivity index (χ1v) is 23.9. The summed E-state index contributed by atoms with van der Waals surface area (Å²) in [4.78, 5) is 2.62. The molecule has 0 unspecified atom stereocenters. The van der Waals surface area contributed by atoms with Crippen molar-refractivity contribution in [3.8, 4) is 39.3 Å². The maximum Gasteiger partial charge on any atom is 0.333 e. The summed E-state index contributed by atoms with van der Waals surface area (Å²) in [5.74, 6) is 0.877. The Morgan fingerprint density at radius 3 is 1.79 bits per heavy atom. The summed E-state index contributed by atoms with van der Waals surface area (Å²) in [6.07, 6.45) is 0. The van der Waals surface area contributed by atoms with E-state index < -0.39 is 0 Å². The van der Waals surface area contributed by atoms with Crippen LogP contribution in [0.3, 0.4) is 0 Å². The van der Waals surface area contributed by atoms with Gasteiger partial charge in [-0.3, -0.25) is 0 Å². The zero-order valence-corrected chi connectivity index (χ0v) is 39.8. The average Bonchev–Trinajstić information content (AvgIpc) is 4.00. The molecule has 0 N–H and O–H groups in total. The van der Waals surface area contributed by atoms with E-state index in [1.165, 1.54) is 65.9 Å². The third kappa shape index (κ3) is 5.73. The molecule has 0 bridgehead atoms. The number of hydrogen-bond donors (Lipinski definition) is 0. The zero-order valence-electron chi connectivity index (χ0n) is 39.8. The van der Waals surface area contributed by atoms with Gasteiger partial charge in [0, 0.05) is 66.2 Å². The average molecular weight is 869 g/mol. The number of fused-ring (bicyclic) bond motifs is 14. The molecule has 0 saturated carbocycles. The molecule has 4 nitrogen and oxygen atoms in total. The van der Waals surface area contributed by atoms with E-state index in [9.17, 15) is 0 Å². The predicted octanol–water partition coefficient (Wildman–Crippen LogP) is 15.9. The number of benzene rings is 8. The quantitative estimate of drug-likeness (QED) is 0.166. The van der Waals surface area contributed by atoms with Gasteiger partial charge in [-0.05, 0) is 104 Å². The third-order valence-corrected chi connectivity index (χ3v) is 14.8. The minimum Gasteiger partial charge on any atom is -0.455 e. The summed E-state index contributed by atoms with van der Waals surface area (Å²) in [6, 6.07) is 58.6. The Labute approximate surface area is 392 Å². The van der Waals surface area contributed by atoms with Crippen LogP contribution in [-0.4, -0.2) is 11.4 Å². The fourth-order valence-electron chi connectivity index (χ4n) is 11.4. The minimum atomic E-state index is -0.229. The van der Waals surface area contributed by atoms with Crippen molar-refractivity contribution in [1.29, 1.82) is 0 Å². The molecule has 0 fully saturated rings. The van der Waals surface area contributed by atoms with Gasteiger partial charge in [0.15, 0.2) is 0 Å². The summed E-state index contributed by atoms with van der Waals surface area (Å²) in [7, 11) is 0. The van der Waals surface area contributed by atoms with E-state index in [4.69, 9.17) is 8.83 Å². The van der Waals surface area contributed by atoms with Crippen LogP contribution in [0.25, 0.3) is 94.0 Å². The Morgan fingerprint density at radius 2 is 1.09 bits per heavy atom. The fraction of sp³-hybridized carbons (Fsp3) is 0.194. The van der Waals surface area contributed by atoms with Gasteiger partial charge in [0.25, 0.3) is 0 Å². The number of nitrogens with zero attached hydrogens (tertiary/aromatic N) is 2. The van der Waals surface area contributed by atoms with E-state index in [2.05, 4.69) is 229 Å². The van der Waals surface area contributed by atoms with Crippen LogP contribution in [0.4, 0.5) is 11.4 Å². The van der Waals surface area contributed by atoms with Crippen molar-refractivity contribution < 1.29 is 8.83 Å². The lowest BCUT2D eigenvalue weighted by molar-refractivity contribution is 0.590. The van der Waals surface area contributed by atoms with Crippen molar-refractivity contribution >= 4 is 83.9 Å². The molecule has 0 aliphatic carbocycles. The molecule has 0 spiro atoms. The first kappa shape index (κ1) is 40.1. The second kappa shape index (κ2) is 13.7. The van der Waals surface area contributed by atoms with Crippen LogP contribution in [0.5, 0.6) is 0 Å². The van der Waals surface area contributed by atoms with Crippen molar-refractivity contribution in [2.24, 2.45) is 0 Å². The molecule has 2 aliphatic heterocycles. The molecule has 0 atom stereocenters. The lowest BCUT2D eigenvalue weighted by Gasteiger charge is -2.42. The van der Waals surface area contributed by atoms with E-state index in [-0.39, 0.29) is 23.1 Å². The number of para-hydroxylation sites is 1. The molecule has 326 valence electrons. The SMILES string of the molecule is CC(C)(C)c1ccc(N2B3c4cc5oc(-c6ccccc6)c(-c6ccccc6)c5cc4-n4c5ccc(C(C)(C)C)cc5c5c6c(oc7ccccc76)c(c3c54)-c3cc(C(C)(C)C)ccc32)cc1. The van der Waals surface area contributed by atoms with Crippen LogP contribution in [0.1, 0.15) is 79.0 Å². The zero-order chi connectivity index (χ0) is 45.9. The first-order chi connectivity index (χ1) is 32.1. The summed E-state index contributed by atoms with van der Waals surface area (Å²) in [5, 5.41) is 5.90. The van der Waals surface area contributed by atoms with Gasteiger partial charge in [0.2, 0.25) is 0 Å². The van der Waals surface area contributed by atoms with Gasteiger partial charge in [-0.15, -0.1) is 0 Å². The number of anilines is 2. The second-order valence-corrected chi connectivity index (χ2v) is 22.1. The second-order valence-electron chi connectivity index (χ2n) is 22.1. The summed E-state index contributed by atoms with van der Waals surface area (Å²) >= 11 is 0. The lowest BCUT2D eigenvalue weighted by Crippen LogP contribution is -2.60. The lowest BCUT2D eigenvalue weighted by atomic mass is 9.43. The number of aromatic nitrogens is 1. The molecule has 3 aromatic heterocycles. The molecule has 5 heterocycles. The normalized spacial score (nSPS) is 13.7. The molecular weight excluding hydrogens is 816 g/mol. The van der Waals surface area contributed by atoms with Crippen LogP contribution in [0.2, 0.25) is 0 Å². The van der Waals surface area contributed by atoms with Crippen molar-refractivity contribution in [1.82, 2.24) is 4.57 Å². The van der Waals surface area contributed by atoms with Crippen molar-refractivity contribution in [2.45, 2.75) is 78.6 Å². The summed E-state index contributed by atoms with van der Waals surface area (Å²) < 4.78 is 17.1. The van der Waals surface area contributed by atoms with Crippen LogP contribution < -0.4 is 15.7 Å². The molecule has 11 aromatic rings. The van der Waals surface area contributed by atoms with E-state index in [0.29, 0.717) is 0 Å². The van der Waals surface area contributed by atoms with Gasteiger partial charge in [-0.1, -0.05) is 165 Å². The van der Waals surface area contributed by atoms with E-state index in [1.807, 2.05) is 0 Å². The predicted molar refractivity (Wildman–Crippen MR) is 284 cm³/mol. The van der Waals surface area contributed by atoms with Gasteiger partial charge in [0.1, 0.15) is 22.5 Å². The minimum absolute atomic E-state index is 0.00764.